The van der Waals surface area contributed by atoms with Crippen molar-refractivity contribution in [2.75, 3.05) is 13.1 Å². The normalized spacial score (nSPS) is 21.2. The third-order valence-electron chi connectivity index (χ3n) is 4.08. The molecule has 1 aliphatic rings. The van der Waals surface area contributed by atoms with Crippen LogP contribution in [-0.2, 0) is 4.79 Å². The van der Waals surface area contributed by atoms with Gasteiger partial charge in [0.15, 0.2) is 0 Å². The minimum absolute atomic E-state index is 0.148. The topological polar surface area (TPSA) is 88.3 Å². The van der Waals surface area contributed by atoms with Gasteiger partial charge in [-0.25, -0.2) is 4.68 Å². The number of rotatable bonds is 3. The van der Waals surface area contributed by atoms with Gasteiger partial charge in [0.25, 0.3) is 5.91 Å². The number of carboxylic acids is 1. The van der Waals surface area contributed by atoms with Crippen molar-refractivity contribution in [3.8, 4) is 5.69 Å². The number of nitrogens with zero attached hydrogens (tertiary/aromatic N) is 4. The van der Waals surface area contributed by atoms with E-state index in [-0.39, 0.29) is 18.4 Å². The van der Waals surface area contributed by atoms with Gasteiger partial charge < -0.3 is 10.0 Å². The molecule has 2 atom stereocenters. The summed E-state index contributed by atoms with van der Waals surface area (Å²) in [6.45, 7) is 2.81. The van der Waals surface area contributed by atoms with Crippen LogP contribution in [0.2, 0.25) is 0 Å². The monoisotopic (exact) mass is 314 g/mol. The van der Waals surface area contributed by atoms with E-state index in [1.54, 1.807) is 40.2 Å². The van der Waals surface area contributed by atoms with Crippen molar-refractivity contribution in [3.05, 3.63) is 42.2 Å². The van der Waals surface area contributed by atoms with Crippen molar-refractivity contribution in [1.82, 2.24) is 19.9 Å². The Morgan fingerprint density at radius 3 is 2.83 bits per heavy atom. The standard InChI is InChI=1S/C16H18N4O3/c1-11-7-13(16(22)23)10-19(9-11)15(21)12-3-2-4-14(8-12)20-6-5-17-18-20/h2-6,8,11,13H,7,9-10H2,1H3,(H,22,23). The molecule has 1 aliphatic heterocycles. The first-order chi connectivity index (χ1) is 11.0. The molecule has 2 unspecified atom stereocenters. The molecule has 2 heterocycles. The summed E-state index contributed by atoms with van der Waals surface area (Å²) in [6.07, 6.45) is 3.88. The highest BCUT2D eigenvalue weighted by atomic mass is 16.4. The van der Waals surface area contributed by atoms with Crippen LogP contribution in [0.3, 0.4) is 0 Å². The Kier molecular flexibility index (Phi) is 4.10. The summed E-state index contributed by atoms with van der Waals surface area (Å²) >= 11 is 0. The fraction of sp³-hybridized carbons (Fsp3) is 0.375. The number of likely N-dealkylation sites (tertiary alicyclic amines) is 1. The molecule has 1 N–H and O–H groups in total. The number of aromatic nitrogens is 3. The van der Waals surface area contributed by atoms with Gasteiger partial charge in [-0.1, -0.05) is 18.2 Å². The molecule has 1 aromatic heterocycles. The van der Waals surface area contributed by atoms with Crippen LogP contribution in [0.25, 0.3) is 5.69 Å². The van der Waals surface area contributed by atoms with Crippen LogP contribution in [0.5, 0.6) is 0 Å². The quantitative estimate of drug-likeness (QED) is 0.926. The molecule has 0 spiro atoms. The Balaban J connectivity index is 1.82. The van der Waals surface area contributed by atoms with Crippen LogP contribution < -0.4 is 0 Å². The van der Waals surface area contributed by atoms with Gasteiger partial charge in [0.05, 0.1) is 24.0 Å². The molecule has 23 heavy (non-hydrogen) atoms. The maximum absolute atomic E-state index is 12.7. The minimum atomic E-state index is -0.842. The van der Waals surface area contributed by atoms with Crippen molar-refractivity contribution in [1.29, 1.82) is 0 Å². The molecular weight excluding hydrogens is 296 g/mol. The molecule has 0 bridgehead atoms. The van der Waals surface area contributed by atoms with Gasteiger partial charge in [-0.05, 0) is 30.5 Å². The van der Waals surface area contributed by atoms with Gasteiger partial charge in [-0.15, -0.1) is 5.10 Å². The lowest BCUT2D eigenvalue weighted by Crippen LogP contribution is -2.45. The second kappa shape index (κ2) is 6.20. The van der Waals surface area contributed by atoms with Crippen LogP contribution in [-0.4, -0.2) is 50.0 Å². The number of carbonyl (C=O) groups excluding carboxylic acids is 1. The molecule has 7 heteroatoms. The van der Waals surface area contributed by atoms with Gasteiger partial charge in [0.2, 0.25) is 0 Å². The smallest absolute Gasteiger partial charge is 0.308 e. The Labute approximate surface area is 133 Å². The average Bonchev–Trinajstić information content (AvgIpc) is 3.08. The Morgan fingerprint density at radius 1 is 1.30 bits per heavy atom. The number of amides is 1. The average molecular weight is 314 g/mol. The van der Waals surface area contributed by atoms with Crippen molar-refractivity contribution in [2.24, 2.45) is 11.8 Å². The molecule has 0 saturated carbocycles. The van der Waals surface area contributed by atoms with E-state index >= 15 is 0 Å². The Bertz CT molecular complexity index is 714. The first kappa shape index (κ1) is 15.2. The lowest BCUT2D eigenvalue weighted by atomic mass is 9.90. The number of benzene rings is 1. The van der Waals surface area contributed by atoms with E-state index in [1.165, 1.54) is 0 Å². The fourth-order valence-corrected chi connectivity index (χ4v) is 3.01. The van der Waals surface area contributed by atoms with Crippen molar-refractivity contribution >= 4 is 11.9 Å². The van der Waals surface area contributed by atoms with E-state index in [9.17, 15) is 14.7 Å². The lowest BCUT2D eigenvalue weighted by Gasteiger charge is -2.34. The predicted molar refractivity (Wildman–Crippen MR) is 82.2 cm³/mol. The number of carbonyl (C=O) groups is 2. The number of carboxylic acid groups (broad SMARTS) is 1. The molecule has 2 aromatic rings. The molecule has 120 valence electrons. The summed E-state index contributed by atoms with van der Waals surface area (Å²) in [6, 6.07) is 7.10. The number of piperidine rings is 1. The van der Waals surface area contributed by atoms with Crippen LogP contribution in [0.4, 0.5) is 0 Å². The molecule has 7 nitrogen and oxygen atoms in total. The van der Waals surface area contributed by atoms with Crippen molar-refractivity contribution in [3.63, 3.8) is 0 Å². The number of hydrogen-bond acceptors (Lipinski definition) is 4. The molecule has 0 radical (unpaired) electrons. The first-order valence-corrected chi connectivity index (χ1v) is 7.53. The second-order valence-corrected chi connectivity index (χ2v) is 5.98. The molecule has 0 aliphatic carbocycles. The number of hydrogen-bond donors (Lipinski definition) is 1. The van der Waals surface area contributed by atoms with E-state index in [0.717, 1.165) is 5.69 Å². The van der Waals surface area contributed by atoms with Crippen molar-refractivity contribution in [2.45, 2.75) is 13.3 Å². The highest BCUT2D eigenvalue weighted by Gasteiger charge is 2.32. The minimum Gasteiger partial charge on any atom is -0.481 e. The summed E-state index contributed by atoms with van der Waals surface area (Å²) in [5, 5.41) is 16.9. The van der Waals surface area contributed by atoms with Gasteiger partial charge in [-0.2, -0.15) is 0 Å². The lowest BCUT2D eigenvalue weighted by molar-refractivity contribution is -0.143. The summed E-state index contributed by atoms with van der Waals surface area (Å²) in [5.74, 6) is -1.32. The molecule has 1 aromatic carbocycles. The highest BCUT2D eigenvalue weighted by Crippen LogP contribution is 2.23. The Hall–Kier alpha value is -2.70. The van der Waals surface area contributed by atoms with E-state index in [1.807, 2.05) is 13.0 Å². The number of aliphatic carboxylic acids is 1. The zero-order valence-electron chi connectivity index (χ0n) is 12.8. The molecular formula is C16H18N4O3. The van der Waals surface area contributed by atoms with E-state index < -0.39 is 11.9 Å². The largest absolute Gasteiger partial charge is 0.481 e. The van der Waals surface area contributed by atoms with Crippen molar-refractivity contribution < 1.29 is 14.7 Å². The van der Waals surface area contributed by atoms with Crippen LogP contribution >= 0.6 is 0 Å². The summed E-state index contributed by atoms with van der Waals surface area (Å²) in [4.78, 5) is 25.6. The maximum Gasteiger partial charge on any atom is 0.308 e. The van der Waals surface area contributed by atoms with E-state index in [0.29, 0.717) is 18.5 Å². The van der Waals surface area contributed by atoms with Gasteiger partial charge >= 0.3 is 5.97 Å². The van der Waals surface area contributed by atoms with Gasteiger partial charge in [0, 0.05) is 18.7 Å². The fourth-order valence-electron chi connectivity index (χ4n) is 3.01. The third kappa shape index (κ3) is 3.23. The zero-order valence-corrected chi connectivity index (χ0v) is 12.8. The van der Waals surface area contributed by atoms with Crippen LogP contribution in [0.15, 0.2) is 36.7 Å². The Morgan fingerprint density at radius 2 is 2.13 bits per heavy atom. The molecule has 1 saturated heterocycles. The second-order valence-electron chi connectivity index (χ2n) is 5.98. The highest BCUT2D eigenvalue weighted by molar-refractivity contribution is 5.95. The zero-order chi connectivity index (χ0) is 16.4. The summed E-state index contributed by atoms with van der Waals surface area (Å²) in [7, 11) is 0. The van der Waals surface area contributed by atoms with E-state index in [2.05, 4.69) is 10.3 Å². The SMILES string of the molecule is CC1CC(C(=O)O)CN(C(=O)c2cccc(-n3ccnn3)c2)C1. The first-order valence-electron chi connectivity index (χ1n) is 7.53. The molecule has 1 amide bonds. The molecule has 3 rings (SSSR count). The van der Waals surface area contributed by atoms with E-state index in [4.69, 9.17) is 0 Å². The summed E-state index contributed by atoms with van der Waals surface area (Å²) in [5.41, 5.74) is 1.27. The van der Waals surface area contributed by atoms with Gasteiger partial charge in [-0.3, -0.25) is 9.59 Å². The van der Waals surface area contributed by atoms with Gasteiger partial charge in [0.1, 0.15) is 0 Å². The molecule has 1 fully saturated rings. The van der Waals surface area contributed by atoms with Crippen LogP contribution in [0, 0.1) is 11.8 Å². The summed E-state index contributed by atoms with van der Waals surface area (Å²) < 4.78 is 1.58. The maximum atomic E-state index is 12.7. The third-order valence-corrected chi connectivity index (χ3v) is 4.08. The van der Waals surface area contributed by atoms with Crippen LogP contribution in [0.1, 0.15) is 23.7 Å². The predicted octanol–water partition coefficient (Wildman–Crippen LogP) is 1.45.